The van der Waals surface area contributed by atoms with E-state index in [-0.39, 0.29) is 11.4 Å². The van der Waals surface area contributed by atoms with Crippen molar-refractivity contribution in [1.82, 2.24) is 15.9 Å². The van der Waals surface area contributed by atoms with E-state index in [1.54, 1.807) is 42.5 Å². The molecule has 30 heavy (non-hydrogen) atoms. The van der Waals surface area contributed by atoms with Gasteiger partial charge in [-0.25, -0.2) is 9.79 Å². The second kappa shape index (κ2) is 9.82. The van der Waals surface area contributed by atoms with Crippen molar-refractivity contribution in [3.05, 3.63) is 82.5 Å². The molecule has 1 aliphatic rings. The van der Waals surface area contributed by atoms with Gasteiger partial charge in [0, 0.05) is 30.3 Å². The Morgan fingerprint density at radius 1 is 1.20 bits per heavy atom. The molecule has 154 valence electrons. The summed E-state index contributed by atoms with van der Waals surface area (Å²) in [5, 5.41) is 4.60. The molecule has 0 aromatic heterocycles. The van der Waals surface area contributed by atoms with Crippen molar-refractivity contribution in [3.63, 3.8) is 0 Å². The van der Waals surface area contributed by atoms with Crippen molar-refractivity contribution < 1.29 is 19.2 Å². The Morgan fingerprint density at radius 2 is 1.97 bits per heavy atom. The first-order valence-corrected chi connectivity index (χ1v) is 9.45. The third-order valence-electron chi connectivity index (χ3n) is 4.18. The van der Waals surface area contributed by atoms with Crippen LogP contribution in [0.2, 0.25) is 5.02 Å². The van der Waals surface area contributed by atoms with Crippen LogP contribution >= 0.6 is 11.6 Å². The van der Waals surface area contributed by atoms with Gasteiger partial charge >= 0.3 is 5.97 Å². The van der Waals surface area contributed by atoms with Gasteiger partial charge in [-0.15, -0.1) is 0 Å². The van der Waals surface area contributed by atoms with Gasteiger partial charge < -0.3 is 10.2 Å². The predicted molar refractivity (Wildman–Crippen MR) is 111 cm³/mol. The van der Waals surface area contributed by atoms with E-state index in [1.165, 1.54) is 18.1 Å². The second-order valence-electron chi connectivity index (χ2n) is 6.37. The average Bonchev–Trinajstić information content (AvgIpc) is 3.05. The Labute approximate surface area is 178 Å². The first kappa shape index (κ1) is 21.2. The number of hydrazine groups is 1. The van der Waals surface area contributed by atoms with Crippen molar-refractivity contribution in [2.24, 2.45) is 4.99 Å². The molecule has 2 N–H and O–H groups in total. The van der Waals surface area contributed by atoms with Crippen LogP contribution in [-0.2, 0) is 20.8 Å². The summed E-state index contributed by atoms with van der Waals surface area (Å²) < 4.78 is 0. The Balaban J connectivity index is 1.78. The minimum absolute atomic E-state index is 0.0413. The Morgan fingerprint density at radius 3 is 2.63 bits per heavy atom. The van der Waals surface area contributed by atoms with Crippen LogP contribution in [0.5, 0.6) is 0 Å². The lowest BCUT2D eigenvalue weighted by Gasteiger charge is -2.09. The lowest BCUT2D eigenvalue weighted by Crippen LogP contribution is -2.33. The molecular weight excluding hydrogens is 408 g/mol. The van der Waals surface area contributed by atoms with E-state index in [0.717, 1.165) is 5.56 Å². The molecule has 0 spiro atoms. The summed E-state index contributed by atoms with van der Waals surface area (Å²) in [7, 11) is 1.53. The number of amides is 2. The monoisotopic (exact) mass is 426 g/mol. The molecule has 0 aliphatic carbocycles. The normalized spacial score (nSPS) is 15.3. The summed E-state index contributed by atoms with van der Waals surface area (Å²) in [6.45, 7) is 0.291. The number of rotatable bonds is 6. The van der Waals surface area contributed by atoms with Gasteiger partial charge in [0.15, 0.2) is 0 Å². The number of benzene rings is 2. The van der Waals surface area contributed by atoms with Gasteiger partial charge in [-0.3, -0.25) is 14.6 Å². The first-order valence-electron chi connectivity index (χ1n) is 9.07. The van der Waals surface area contributed by atoms with Crippen LogP contribution in [0.3, 0.4) is 0 Å². The van der Waals surface area contributed by atoms with Crippen LogP contribution in [0.4, 0.5) is 0 Å². The number of aliphatic imine (C=N–C) groups is 1. The molecule has 3 rings (SSSR count). The lowest BCUT2D eigenvalue weighted by atomic mass is 10.1. The van der Waals surface area contributed by atoms with Gasteiger partial charge in [-0.1, -0.05) is 47.5 Å². The minimum atomic E-state index is -0.691. The lowest BCUT2D eigenvalue weighted by molar-refractivity contribution is -0.142. The molecule has 0 bridgehead atoms. The quantitative estimate of drug-likeness (QED) is 0.542. The third-order valence-corrected chi connectivity index (χ3v) is 4.42. The Bertz CT molecular complexity index is 1020. The van der Waals surface area contributed by atoms with Crippen molar-refractivity contribution in [1.29, 1.82) is 0 Å². The molecule has 0 radical (unpaired) electrons. The standard InChI is InChI=1S/C21H19ClN4O4/c1-26-18(21(29)30-25-26)13-17(24-19(27)15-7-3-2-4-8-15)20(28)23-11-10-14-6-5-9-16(22)12-14/h2-9,12-13,25H,10-11H2,1H3,(H,23,28)/b18-13-,24-17?. The maximum atomic E-state index is 12.7. The van der Waals surface area contributed by atoms with Crippen LogP contribution in [0, 0.1) is 0 Å². The van der Waals surface area contributed by atoms with E-state index < -0.39 is 17.8 Å². The van der Waals surface area contributed by atoms with Crippen LogP contribution in [0.1, 0.15) is 15.9 Å². The number of carbonyl (C=O) groups is 3. The zero-order valence-corrected chi connectivity index (χ0v) is 16.8. The van der Waals surface area contributed by atoms with Crippen LogP contribution in [-0.4, -0.2) is 42.1 Å². The minimum Gasteiger partial charge on any atom is -0.350 e. The van der Waals surface area contributed by atoms with E-state index in [4.69, 9.17) is 11.6 Å². The van der Waals surface area contributed by atoms with Gasteiger partial charge in [-0.05, 0) is 36.2 Å². The fraction of sp³-hybridized carbons (Fsp3) is 0.143. The number of hydrogen-bond acceptors (Lipinski definition) is 6. The summed E-state index contributed by atoms with van der Waals surface area (Å²) in [5.74, 6) is -1.89. The molecule has 1 saturated heterocycles. The highest BCUT2D eigenvalue weighted by Gasteiger charge is 2.26. The van der Waals surface area contributed by atoms with Gasteiger partial charge in [-0.2, -0.15) is 0 Å². The molecule has 1 aliphatic heterocycles. The molecule has 0 saturated carbocycles. The molecule has 2 amide bonds. The average molecular weight is 427 g/mol. The summed E-state index contributed by atoms with van der Waals surface area (Å²) >= 11 is 5.97. The number of carbonyl (C=O) groups excluding carboxylic acids is 3. The predicted octanol–water partition coefficient (Wildman–Crippen LogP) is 2.07. The molecule has 2 aromatic carbocycles. The zero-order chi connectivity index (χ0) is 21.5. The highest BCUT2D eigenvalue weighted by atomic mass is 35.5. The van der Waals surface area contributed by atoms with Gasteiger partial charge in [0.2, 0.25) is 0 Å². The first-order chi connectivity index (χ1) is 14.4. The SMILES string of the molecule is CN1NOC(=O)/C1=C/C(=NC(=O)c1ccccc1)C(=O)NCCc1cccc(Cl)c1. The van der Waals surface area contributed by atoms with Gasteiger partial charge in [0.1, 0.15) is 11.4 Å². The zero-order valence-electron chi connectivity index (χ0n) is 16.1. The molecule has 8 nitrogen and oxygen atoms in total. The fourth-order valence-electron chi connectivity index (χ4n) is 2.64. The van der Waals surface area contributed by atoms with Crippen molar-refractivity contribution in [2.45, 2.75) is 6.42 Å². The summed E-state index contributed by atoms with van der Waals surface area (Å²) in [5.41, 5.74) is 3.45. The second-order valence-corrected chi connectivity index (χ2v) is 6.81. The fourth-order valence-corrected chi connectivity index (χ4v) is 2.85. The molecule has 2 aromatic rings. The van der Waals surface area contributed by atoms with Crippen molar-refractivity contribution in [3.8, 4) is 0 Å². The Kier molecular flexibility index (Phi) is 6.95. The van der Waals surface area contributed by atoms with E-state index in [1.807, 2.05) is 12.1 Å². The topological polar surface area (TPSA) is 100 Å². The van der Waals surface area contributed by atoms with Crippen molar-refractivity contribution in [2.75, 3.05) is 13.6 Å². The number of hydrogen-bond donors (Lipinski definition) is 2. The van der Waals surface area contributed by atoms with Crippen molar-refractivity contribution >= 4 is 35.1 Å². The number of nitrogens with one attached hydrogen (secondary N) is 2. The molecule has 0 atom stereocenters. The molecule has 9 heteroatoms. The van der Waals surface area contributed by atoms with Gasteiger partial charge in [0.05, 0.1) is 0 Å². The van der Waals surface area contributed by atoms with E-state index in [0.29, 0.717) is 23.6 Å². The molecular formula is C21H19ClN4O4. The van der Waals surface area contributed by atoms with E-state index in [9.17, 15) is 14.4 Å². The number of likely N-dealkylation sites (N-methyl/N-ethyl adjacent to an activating group) is 1. The van der Waals surface area contributed by atoms with Crippen LogP contribution < -0.4 is 10.9 Å². The van der Waals surface area contributed by atoms with E-state index in [2.05, 4.69) is 20.7 Å². The molecule has 1 fully saturated rings. The third kappa shape index (κ3) is 5.53. The van der Waals surface area contributed by atoms with Crippen LogP contribution in [0.15, 0.2) is 71.4 Å². The number of halogens is 1. The largest absolute Gasteiger partial charge is 0.376 e. The highest BCUT2D eigenvalue weighted by molar-refractivity contribution is 6.45. The van der Waals surface area contributed by atoms with Crippen LogP contribution in [0.25, 0.3) is 0 Å². The Hall–Kier alpha value is -3.49. The molecule has 1 heterocycles. The number of nitrogens with zero attached hydrogens (tertiary/aromatic N) is 2. The van der Waals surface area contributed by atoms with E-state index >= 15 is 0 Å². The van der Waals surface area contributed by atoms with Gasteiger partial charge in [0.25, 0.3) is 11.8 Å². The smallest absolute Gasteiger partial charge is 0.350 e. The highest BCUT2D eigenvalue weighted by Crippen LogP contribution is 2.11. The summed E-state index contributed by atoms with van der Waals surface area (Å²) in [6, 6.07) is 15.6. The maximum absolute atomic E-state index is 12.7. The summed E-state index contributed by atoms with van der Waals surface area (Å²) in [6.07, 6.45) is 1.74. The summed E-state index contributed by atoms with van der Waals surface area (Å²) in [4.78, 5) is 45.6. The maximum Gasteiger partial charge on any atom is 0.376 e. The molecule has 0 unspecified atom stereocenters.